The van der Waals surface area contributed by atoms with Gasteiger partial charge in [-0.05, 0) is 42.8 Å². The van der Waals surface area contributed by atoms with Crippen molar-refractivity contribution in [3.8, 4) is 5.75 Å². The Balaban J connectivity index is 1.67. The third-order valence-corrected chi connectivity index (χ3v) is 6.97. The number of hydrogen-bond acceptors (Lipinski definition) is 5. The van der Waals surface area contributed by atoms with Crippen molar-refractivity contribution in [3.05, 3.63) is 54.1 Å². The number of β-amino-alcohol motifs (C(OH)–C–C–N with tert-alkyl or cyclic N) is 1. The first kappa shape index (κ1) is 16.6. The monoisotopic (exact) mass is 359 g/mol. The molecule has 25 heavy (non-hydrogen) atoms. The van der Waals surface area contributed by atoms with Gasteiger partial charge in [-0.15, -0.1) is 0 Å². The predicted molar refractivity (Wildman–Crippen MR) is 93.6 cm³/mol. The summed E-state index contributed by atoms with van der Waals surface area (Å²) >= 11 is 0. The van der Waals surface area contributed by atoms with Crippen LogP contribution >= 0.6 is 0 Å². The highest BCUT2D eigenvalue weighted by Crippen LogP contribution is 2.43. The van der Waals surface area contributed by atoms with Gasteiger partial charge in [-0.25, -0.2) is 8.42 Å². The summed E-state index contributed by atoms with van der Waals surface area (Å²) in [5.41, 5.74) is 1.07. The Kier molecular flexibility index (Phi) is 4.27. The lowest BCUT2D eigenvalue weighted by atomic mass is 9.89. The van der Waals surface area contributed by atoms with Gasteiger partial charge in [0.05, 0.1) is 22.4 Å². The van der Waals surface area contributed by atoms with E-state index in [9.17, 15) is 13.5 Å². The third kappa shape index (κ3) is 2.84. The highest BCUT2D eigenvalue weighted by molar-refractivity contribution is 7.91. The maximum atomic E-state index is 12.8. The van der Waals surface area contributed by atoms with Gasteiger partial charge in [0.15, 0.2) is 0 Å². The van der Waals surface area contributed by atoms with E-state index in [0.29, 0.717) is 29.7 Å². The molecule has 5 nitrogen and oxygen atoms in total. The van der Waals surface area contributed by atoms with E-state index in [1.165, 1.54) is 0 Å². The Morgan fingerprint density at radius 1 is 1.12 bits per heavy atom. The Hall–Kier alpha value is -1.89. The summed E-state index contributed by atoms with van der Waals surface area (Å²) in [4.78, 5) is 2.81. The molecule has 2 atom stereocenters. The zero-order valence-corrected chi connectivity index (χ0v) is 14.7. The van der Waals surface area contributed by atoms with E-state index in [-0.39, 0.29) is 17.5 Å². The van der Waals surface area contributed by atoms with Gasteiger partial charge in [0.1, 0.15) is 12.4 Å². The smallest absolute Gasteiger partial charge is 0.206 e. The second kappa shape index (κ2) is 6.44. The van der Waals surface area contributed by atoms with E-state index in [2.05, 4.69) is 4.90 Å². The average Bonchev–Trinajstić information content (AvgIpc) is 3.06. The summed E-state index contributed by atoms with van der Waals surface area (Å²) in [5.74, 6) is 1.01. The van der Waals surface area contributed by atoms with Crippen molar-refractivity contribution in [2.24, 2.45) is 0 Å². The first-order valence-electron chi connectivity index (χ1n) is 8.53. The fraction of sp³-hybridized carbons (Fsp3) is 0.368. The minimum absolute atomic E-state index is 0.143. The van der Waals surface area contributed by atoms with Crippen LogP contribution in [0.2, 0.25) is 0 Å². The molecule has 1 fully saturated rings. The molecule has 1 saturated heterocycles. The molecule has 2 unspecified atom stereocenters. The van der Waals surface area contributed by atoms with Crippen molar-refractivity contribution in [3.63, 3.8) is 0 Å². The Labute approximate surface area is 147 Å². The number of aliphatic hydroxyl groups excluding tert-OH is 1. The standard InChI is InChI=1S/C19H21NO4S/c21-11-10-20-9-8-16-17-7-6-15(12-19(17)24-13-18(16)20)25(22,23)14-4-2-1-3-5-14/h1-7,12,16,18,21H,8-11,13H2. The second-order valence-electron chi connectivity index (χ2n) is 6.55. The molecule has 0 saturated carbocycles. The molecule has 2 aromatic rings. The van der Waals surface area contributed by atoms with Crippen LogP contribution in [-0.2, 0) is 9.84 Å². The molecular formula is C19H21NO4S. The summed E-state index contributed by atoms with van der Waals surface area (Å²) in [6.07, 6.45) is 1.01. The van der Waals surface area contributed by atoms with Crippen molar-refractivity contribution in [1.29, 1.82) is 0 Å². The van der Waals surface area contributed by atoms with Crippen LogP contribution in [0.1, 0.15) is 17.9 Å². The second-order valence-corrected chi connectivity index (χ2v) is 8.50. The van der Waals surface area contributed by atoms with Crippen molar-refractivity contribution in [1.82, 2.24) is 4.90 Å². The summed E-state index contributed by atoms with van der Waals surface area (Å²) in [6.45, 7) is 2.26. The molecule has 0 radical (unpaired) electrons. The Bertz CT molecular complexity index is 866. The largest absolute Gasteiger partial charge is 0.492 e. The molecule has 0 aromatic heterocycles. The van der Waals surface area contributed by atoms with E-state index in [1.54, 1.807) is 42.5 Å². The predicted octanol–water partition coefficient (Wildman–Crippen LogP) is 2.06. The van der Waals surface area contributed by atoms with E-state index in [0.717, 1.165) is 18.5 Å². The van der Waals surface area contributed by atoms with Gasteiger partial charge >= 0.3 is 0 Å². The zero-order valence-electron chi connectivity index (χ0n) is 13.8. The average molecular weight is 359 g/mol. The lowest BCUT2D eigenvalue weighted by molar-refractivity contribution is 0.125. The van der Waals surface area contributed by atoms with Crippen molar-refractivity contribution in [2.75, 3.05) is 26.3 Å². The molecule has 2 aromatic carbocycles. The Morgan fingerprint density at radius 3 is 2.68 bits per heavy atom. The summed E-state index contributed by atoms with van der Waals surface area (Å²) in [5, 5.41) is 9.20. The van der Waals surface area contributed by atoms with E-state index < -0.39 is 9.84 Å². The van der Waals surface area contributed by atoms with Gasteiger partial charge in [0.25, 0.3) is 0 Å². The molecular weight excluding hydrogens is 338 g/mol. The van der Waals surface area contributed by atoms with Gasteiger partial charge in [-0.2, -0.15) is 0 Å². The molecule has 2 heterocycles. The molecule has 0 amide bonds. The number of hydrogen-bond donors (Lipinski definition) is 1. The maximum absolute atomic E-state index is 12.8. The SMILES string of the molecule is O=S(=O)(c1ccccc1)c1ccc2c(c1)OCC1C2CCN1CCO. The van der Waals surface area contributed by atoms with Gasteiger partial charge in [0, 0.05) is 12.5 Å². The number of rotatable bonds is 4. The van der Waals surface area contributed by atoms with Crippen LogP contribution in [0.3, 0.4) is 0 Å². The molecule has 0 bridgehead atoms. The topological polar surface area (TPSA) is 66.8 Å². The fourth-order valence-electron chi connectivity index (χ4n) is 3.93. The van der Waals surface area contributed by atoms with E-state index >= 15 is 0 Å². The zero-order chi connectivity index (χ0) is 17.4. The maximum Gasteiger partial charge on any atom is 0.206 e. The number of fused-ring (bicyclic) bond motifs is 3. The summed E-state index contributed by atoms with van der Waals surface area (Å²) in [6, 6.07) is 13.9. The van der Waals surface area contributed by atoms with Crippen LogP contribution in [0.4, 0.5) is 0 Å². The number of nitrogens with zero attached hydrogens (tertiary/aromatic N) is 1. The molecule has 1 N–H and O–H groups in total. The van der Waals surface area contributed by atoms with Crippen LogP contribution in [0, 0.1) is 0 Å². The normalized spacial score (nSPS) is 22.9. The van der Waals surface area contributed by atoms with Crippen LogP contribution in [0.5, 0.6) is 5.75 Å². The van der Waals surface area contributed by atoms with Crippen molar-refractivity contribution in [2.45, 2.75) is 28.2 Å². The van der Waals surface area contributed by atoms with Gasteiger partial charge in [-0.3, -0.25) is 4.90 Å². The van der Waals surface area contributed by atoms with Crippen LogP contribution in [0.15, 0.2) is 58.3 Å². The quantitative estimate of drug-likeness (QED) is 0.905. The lowest BCUT2D eigenvalue weighted by Gasteiger charge is -2.33. The first-order valence-corrected chi connectivity index (χ1v) is 10.0. The molecule has 2 aliphatic rings. The fourth-order valence-corrected chi connectivity index (χ4v) is 5.23. The minimum atomic E-state index is -3.54. The van der Waals surface area contributed by atoms with Crippen LogP contribution < -0.4 is 4.74 Å². The number of benzene rings is 2. The molecule has 4 rings (SSSR count). The van der Waals surface area contributed by atoms with Crippen LogP contribution in [-0.4, -0.2) is 50.8 Å². The number of likely N-dealkylation sites (tertiary alicyclic amines) is 1. The van der Waals surface area contributed by atoms with Gasteiger partial charge < -0.3 is 9.84 Å². The molecule has 132 valence electrons. The molecule has 6 heteroatoms. The van der Waals surface area contributed by atoms with Gasteiger partial charge in [-0.1, -0.05) is 24.3 Å². The third-order valence-electron chi connectivity index (χ3n) is 5.21. The Morgan fingerprint density at radius 2 is 1.92 bits per heavy atom. The van der Waals surface area contributed by atoms with Crippen molar-refractivity contribution < 1.29 is 18.3 Å². The minimum Gasteiger partial charge on any atom is -0.492 e. The van der Waals surface area contributed by atoms with Gasteiger partial charge in [0.2, 0.25) is 9.84 Å². The number of ether oxygens (including phenoxy) is 1. The van der Waals surface area contributed by atoms with Crippen LogP contribution in [0.25, 0.3) is 0 Å². The summed E-state index contributed by atoms with van der Waals surface area (Å²) in [7, 11) is -3.54. The molecule has 0 aliphatic carbocycles. The van der Waals surface area contributed by atoms with E-state index in [1.807, 2.05) is 6.07 Å². The van der Waals surface area contributed by atoms with E-state index in [4.69, 9.17) is 4.74 Å². The first-order chi connectivity index (χ1) is 12.1. The summed E-state index contributed by atoms with van der Waals surface area (Å²) < 4.78 is 31.5. The number of sulfone groups is 1. The van der Waals surface area contributed by atoms with Crippen molar-refractivity contribution >= 4 is 9.84 Å². The molecule has 2 aliphatic heterocycles. The highest BCUT2D eigenvalue weighted by atomic mass is 32.2. The number of aliphatic hydroxyl groups is 1. The highest BCUT2D eigenvalue weighted by Gasteiger charge is 2.39. The molecule has 0 spiro atoms. The lowest BCUT2D eigenvalue weighted by Crippen LogP contribution is -2.40.